The molecule has 3 amide bonds. The maximum absolute atomic E-state index is 12.6. The molecule has 0 aliphatic carbocycles. The first-order valence-electron chi connectivity index (χ1n) is 9.02. The molecule has 5 nitrogen and oxygen atoms in total. The molecule has 1 heterocycles. The molecule has 1 aliphatic heterocycles. The molecule has 0 radical (unpaired) electrons. The maximum Gasteiger partial charge on any atom is 0.321 e. The molecule has 1 aliphatic rings. The Kier molecular flexibility index (Phi) is 5.56. The third-order valence-electron chi connectivity index (χ3n) is 5.04. The largest absolute Gasteiger partial charge is 0.326 e. The zero-order valence-corrected chi connectivity index (χ0v) is 15.3. The van der Waals surface area contributed by atoms with E-state index in [9.17, 15) is 9.59 Å². The molecule has 136 valence electrons. The van der Waals surface area contributed by atoms with Gasteiger partial charge >= 0.3 is 6.03 Å². The van der Waals surface area contributed by atoms with Crippen molar-refractivity contribution in [1.29, 1.82) is 0 Å². The van der Waals surface area contributed by atoms with E-state index in [0.717, 1.165) is 22.5 Å². The number of anilines is 2. The number of likely N-dealkylation sites (tertiary alicyclic amines) is 1. The standard InChI is InChI=1S/C21H25N3O2/c1-15-7-6-10-19(16(15)2)23-20(25)17-11-13-24(14-12-17)21(26)22-18-8-4-3-5-9-18/h3-10,17H,11-14H2,1-2H3,(H,22,26)(H,23,25). The lowest BCUT2D eigenvalue weighted by atomic mass is 9.95. The quantitative estimate of drug-likeness (QED) is 0.871. The number of urea groups is 1. The van der Waals surface area contributed by atoms with Gasteiger partial charge in [0.25, 0.3) is 0 Å². The van der Waals surface area contributed by atoms with Gasteiger partial charge in [0.05, 0.1) is 0 Å². The van der Waals surface area contributed by atoms with Crippen molar-refractivity contribution >= 4 is 23.3 Å². The molecule has 1 saturated heterocycles. The van der Waals surface area contributed by atoms with Gasteiger partial charge in [-0.25, -0.2) is 4.79 Å². The fourth-order valence-corrected chi connectivity index (χ4v) is 3.19. The fourth-order valence-electron chi connectivity index (χ4n) is 3.19. The van der Waals surface area contributed by atoms with Crippen molar-refractivity contribution in [3.63, 3.8) is 0 Å². The molecule has 3 rings (SSSR count). The van der Waals surface area contributed by atoms with E-state index in [-0.39, 0.29) is 17.9 Å². The van der Waals surface area contributed by atoms with Gasteiger partial charge in [0.1, 0.15) is 0 Å². The number of amides is 3. The summed E-state index contributed by atoms with van der Waals surface area (Å²) >= 11 is 0. The highest BCUT2D eigenvalue weighted by molar-refractivity contribution is 5.94. The fraction of sp³-hybridized carbons (Fsp3) is 0.333. The Morgan fingerprint density at radius 3 is 2.31 bits per heavy atom. The minimum absolute atomic E-state index is 0.0433. The van der Waals surface area contributed by atoms with Crippen LogP contribution in [0.1, 0.15) is 24.0 Å². The van der Waals surface area contributed by atoms with E-state index in [0.29, 0.717) is 25.9 Å². The number of carbonyl (C=O) groups excluding carboxylic acids is 2. The Hall–Kier alpha value is -2.82. The Labute approximate surface area is 154 Å². The van der Waals surface area contributed by atoms with Crippen LogP contribution in [0.15, 0.2) is 48.5 Å². The lowest BCUT2D eigenvalue weighted by molar-refractivity contribution is -0.121. The Bertz CT molecular complexity index is 781. The molecule has 0 saturated carbocycles. The van der Waals surface area contributed by atoms with Crippen LogP contribution in [-0.4, -0.2) is 29.9 Å². The summed E-state index contributed by atoms with van der Waals surface area (Å²) in [4.78, 5) is 26.7. The van der Waals surface area contributed by atoms with Crippen molar-refractivity contribution in [2.45, 2.75) is 26.7 Å². The maximum atomic E-state index is 12.6. The van der Waals surface area contributed by atoms with E-state index < -0.39 is 0 Å². The molecule has 0 unspecified atom stereocenters. The zero-order chi connectivity index (χ0) is 18.5. The van der Waals surface area contributed by atoms with Crippen molar-refractivity contribution in [2.75, 3.05) is 23.7 Å². The van der Waals surface area contributed by atoms with E-state index in [1.54, 1.807) is 4.90 Å². The van der Waals surface area contributed by atoms with Gasteiger partial charge in [-0.1, -0.05) is 30.3 Å². The molecular weight excluding hydrogens is 326 g/mol. The lowest BCUT2D eigenvalue weighted by Crippen LogP contribution is -2.43. The summed E-state index contributed by atoms with van der Waals surface area (Å²) in [6, 6.07) is 15.2. The van der Waals surface area contributed by atoms with Gasteiger partial charge in [-0.05, 0) is 56.0 Å². The van der Waals surface area contributed by atoms with Gasteiger partial charge in [-0.15, -0.1) is 0 Å². The SMILES string of the molecule is Cc1cccc(NC(=O)C2CCN(C(=O)Nc3ccccc3)CC2)c1C. The highest BCUT2D eigenvalue weighted by Crippen LogP contribution is 2.23. The van der Waals surface area contributed by atoms with E-state index in [2.05, 4.69) is 10.6 Å². The summed E-state index contributed by atoms with van der Waals surface area (Å²) in [6.45, 7) is 5.23. The van der Waals surface area contributed by atoms with Crippen LogP contribution in [-0.2, 0) is 4.79 Å². The lowest BCUT2D eigenvalue weighted by Gasteiger charge is -2.31. The van der Waals surface area contributed by atoms with Crippen LogP contribution in [0.25, 0.3) is 0 Å². The van der Waals surface area contributed by atoms with Crippen molar-refractivity contribution in [2.24, 2.45) is 5.92 Å². The number of rotatable bonds is 3. The number of para-hydroxylation sites is 1. The second-order valence-electron chi connectivity index (χ2n) is 6.79. The van der Waals surface area contributed by atoms with Crippen LogP contribution in [0.3, 0.4) is 0 Å². The molecule has 2 aromatic carbocycles. The third kappa shape index (κ3) is 4.23. The first-order valence-corrected chi connectivity index (χ1v) is 9.02. The number of nitrogens with zero attached hydrogens (tertiary/aromatic N) is 1. The topological polar surface area (TPSA) is 61.4 Å². The summed E-state index contributed by atoms with van der Waals surface area (Å²) in [5.74, 6) is -0.0162. The molecule has 0 bridgehead atoms. The van der Waals surface area contributed by atoms with Crippen LogP contribution in [0.4, 0.5) is 16.2 Å². The molecule has 5 heteroatoms. The van der Waals surface area contributed by atoms with Gasteiger partial charge in [0.15, 0.2) is 0 Å². The summed E-state index contributed by atoms with van der Waals surface area (Å²) in [7, 11) is 0. The van der Waals surface area contributed by atoms with Crippen molar-refractivity contribution in [3.8, 4) is 0 Å². The summed E-state index contributed by atoms with van der Waals surface area (Å²) in [6.07, 6.45) is 1.36. The van der Waals surface area contributed by atoms with Crippen LogP contribution in [0.5, 0.6) is 0 Å². The van der Waals surface area contributed by atoms with E-state index >= 15 is 0 Å². The predicted octanol–water partition coefficient (Wildman–Crippen LogP) is 4.19. The second-order valence-corrected chi connectivity index (χ2v) is 6.79. The molecule has 1 fully saturated rings. The van der Waals surface area contributed by atoms with Crippen molar-refractivity contribution in [3.05, 3.63) is 59.7 Å². The van der Waals surface area contributed by atoms with Crippen molar-refractivity contribution in [1.82, 2.24) is 4.90 Å². The number of benzene rings is 2. The number of hydrogen-bond acceptors (Lipinski definition) is 2. The molecule has 26 heavy (non-hydrogen) atoms. The van der Waals surface area contributed by atoms with E-state index in [1.165, 1.54) is 0 Å². The van der Waals surface area contributed by atoms with Gasteiger partial charge in [-0.2, -0.15) is 0 Å². The first kappa shape index (κ1) is 18.0. The number of hydrogen-bond donors (Lipinski definition) is 2. The first-order chi connectivity index (χ1) is 12.5. The van der Waals surface area contributed by atoms with Crippen LogP contribution >= 0.6 is 0 Å². The Morgan fingerprint density at radius 2 is 1.62 bits per heavy atom. The average molecular weight is 351 g/mol. The van der Waals surface area contributed by atoms with Crippen LogP contribution in [0, 0.1) is 19.8 Å². The smallest absolute Gasteiger partial charge is 0.321 e. The molecule has 2 N–H and O–H groups in total. The van der Waals surface area contributed by atoms with Gasteiger partial charge in [0.2, 0.25) is 5.91 Å². The number of nitrogens with one attached hydrogen (secondary N) is 2. The van der Waals surface area contributed by atoms with E-state index in [4.69, 9.17) is 0 Å². The van der Waals surface area contributed by atoms with Gasteiger partial charge in [-0.3, -0.25) is 4.79 Å². The molecule has 0 atom stereocenters. The molecule has 0 aromatic heterocycles. The summed E-state index contributed by atoms with van der Waals surface area (Å²) < 4.78 is 0. The van der Waals surface area contributed by atoms with Crippen LogP contribution in [0.2, 0.25) is 0 Å². The van der Waals surface area contributed by atoms with Gasteiger partial charge in [0, 0.05) is 30.4 Å². The zero-order valence-electron chi connectivity index (χ0n) is 15.3. The highest BCUT2D eigenvalue weighted by Gasteiger charge is 2.27. The number of aryl methyl sites for hydroxylation is 1. The van der Waals surface area contributed by atoms with Crippen molar-refractivity contribution < 1.29 is 9.59 Å². The number of carbonyl (C=O) groups is 2. The molecule has 2 aromatic rings. The molecular formula is C21H25N3O2. The highest BCUT2D eigenvalue weighted by atomic mass is 16.2. The molecule has 0 spiro atoms. The Balaban J connectivity index is 1.52. The minimum atomic E-state index is -0.107. The van der Waals surface area contributed by atoms with Gasteiger partial charge < -0.3 is 15.5 Å². The summed E-state index contributed by atoms with van der Waals surface area (Å²) in [5, 5.41) is 5.94. The predicted molar refractivity (Wildman–Crippen MR) is 104 cm³/mol. The third-order valence-corrected chi connectivity index (χ3v) is 5.04. The normalized spacial score (nSPS) is 14.8. The second kappa shape index (κ2) is 8.04. The number of piperidine rings is 1. The Morgan fingerprint density at radius 1 is 0.923 bits per heavy atom. The summed E-state index contributed by atoms with van der Waals surface area (Å²) in [5.41, 5.74) is 3.92. The monoisotopic (exact) mass is 351 g/mol. The van der Waals surface area contributed by atoms with Crippen LogP contribution < -0.4 is 10.6 Å². The minimum Gasteiger partial charge on any atom is -0.326 e. The average Bonchev–Trinajstić information content (AvgIpc) is 2.66. The van der Waals surface area contributed by atoms with E-state index in [1.807, 2.05) is 62.4 Å².